The van der Waals surface area contributed by atoms with Crippen molar-refractivity contribution in [2.45, 2.75) is 44.6 Å². The summed E-state index contributed by atoms with van der Waals surface area (Å²) in [5.41, 5.74) is 4.48. The van der Waals surface area contributed by atoms with Crippen molar-refractivity contribution in [3.63, 3.8) is 0 Å². The van der Waals surface area contributed by atoms with Gasteiger partial charge in [-0.2, -0.15) is 0 Å². The highest BCUT2D eigenvalue weighted by molar-refractivity contribution is 7.90. The summed E-state index contributed by atoms with van der Waals surface area (Å²) < 4.78 is 40.8. The number of alkyl halides is 1. The molecule has 37 heavy (non-hydrogen) atoms. The summed E-state index contributed by atoms with van der Waals surface area (Å²) in [6.07, 6.45) is 1.49. The third kappa shape index (κ3) is 6.52. The Kier molecular flexibility index (Phi) is 8.22. The maximum absolute atomic E-state index is 14.0. The molecule has 0 aliphatic heterocycles. The SMILES string of the molecule is CC(C)(C)[S+]([O-])N[C@H](CF)c1cccc(-c2cc(COc3ccccc3CC(=O)O)cc3ccoc23)c1. The van der Waals surface area contributed by atoms with E-state index in [1.54, 1.807) is 30.5 Å². The van der Waals surface area contributed by atoms with Crippen molar-refractivity contribution < 1.29 is 28.0 Å². The molecule has 3 aromatic carbocycles. The fraction of sp³-hybridized carbons (Fsp3) is 0.276. The molecule has 2 atom stereocenters. The second-order valence-corrected chi connectivity index (χ2v) is 11.8. The molecule has 0 bridgehead atoms. The van der Waals surface area contributed by atoms with Gasteiger partial charge in [0.2, 0.25) is 0 Å². The molecule has 0 saturated carbocycles. The molecule has 1 aromatic heterocycles. The third-order valence-corrected chi connectivity index (χ3v) is 7.49. The minimum absolute atomic E-state index is 0.126. The minimum atomic E-state index is -1.43. The van der Waals surface area contributed by atoms with Gasteiger partial charge in [-0.1, -0.05) is 36.4 Å². The van der Waals surface area contributed by atoms with Gasteiger partial charge >= 0.3 is 5.97 Å². The normalized spacial score (nSPS) is 13.4. The van der Waals surface area contributed by atoms with Gasteiger partial charge in [0.15, 0.2) is 0 Å². The molecule has 0 radical (unpaired) electrons. The van der Waals surface area contributed by atoms with E-state index in [1.165, 1.54) is 0 Å². The molecule has 4 aromatic rings. The molecule has 4 rings (SSSR count). The number of hydrogen-bond donors (Lipinski definition) is 2. The number of carbonyl (C=O) groups is 1. The molecule has 0 amide bonds. The Labute approximate surface area is 218 Å². The molecule has 0 saturated heterocycles. The van der Waals surface area contributed by atoms with Crippen LogP contribution in [0.1, 0.15) is 43.5 Å². The van der Waals surface area contributed by atoms with Gasteiger partial charge in [0, 0.05) is 27.9 Å². The number of para-hydroxylation sites is 1. The Morgan fingerprint density at radius 1 is 1.14 bits per heavy atom. The first-order valence-corrected chi connectivity index (χ1v) is 13.1. The van der Waals surface area contributed by atoms with Crippen LogP contribution < -0.4 is 9.46 Å². The van der Waals surface area contributed by atoms with Crippen LogP contribution in [0.5, 0.6) is 5.75 Å². The van der Waals surface area contributed by atoms with Crippen LogP contribution in [0.2, 0.25) is 0 Å². The quantitative estimate of drug-likeness (QED) is 0.235. The summed E-state index contributed by atoms with van der Waals surface area (Å²) in [6.45, 7) is 5.03. The van der Waals surface area contributed by atoms with Gasteiger partial charge in [-0.3, -0.25) is 4.79 Å². The Bertz CT molecular complexity index is 1380. The van der Waals surface area contributed by atoms with Crippen LogP contribution in [0.3, 0.4) is 0 Å². The van der Waals surface area contributed by atoms with Gasteiger partial charge < -0.3 is 18.8 Å². The second kappa shape index (κ2) is 11.4. The van der Waals surface area contributed by atoms with Crippen molar-refractivity contribution in [2.75, 3.05) is 6.67 Å². The second-order valence-electron chi connectivity index (χ2n) is 9.78. The lowest BCUT2D eigenvalue weighted by Crippen LogP contribution is -2.41. The van der Waals surface area contributed by atoms with Gasteiger partial charge in [-0.15, -0.1) is 4.72 Å². The van der Waals surface area contributed by atoms with Crippen molar-refractivity contribution in [2.24, 2.45) is 0 Å². The third-order valence-electron chi connectivity index (χ3n) is 5.88. The molecular weight excluding hydrogens is 493 g/mol. The van der Waals surface area contributed by atoms with Crippen molar-refractivity contribution >= 4 is 28.3 Å². The minimum Gasteiger partial charge on any atom is -0.598 e. The van der Waals surface area contributed by atoms with Crippen molar-refractivity contribution in [1.82, 2.24) is 4.72 Å². The fourth-order valence-electron chi connectivity index (χ4n) is 3.97. The lowest BCUT2D eigenvalue weighted by Gasteiger charge is -2.27. The summed E-state index contributed by atoms with van der Waals surface area (Å²) >= 11 is -1.43. The van der Waals surface area contributed by atoms with Crippen LogP contribution in [0.4, 0.5) is 4.39 Å². The average molecular weight is 524 g/mol. The van der Waals surface area contributed by atoms with E-state index in [2.05, 4.69) is 4.72 Å². The van der Waals surface area contributed by atoms with Crippen molar-refractivity contribution in [1.29, 1.82) is 0 Å². The van der Waals surface area contributed by atoms with Gasteiger partial charge in [-0.25, -0.2) is 4.39 Å². The Morgan fingerprint density at radius 3 is 2.65 bits per heavy atom. The maximum atomic E-state index is 14.0. The molecule has 2 N–H and O–H groups in total. The number of carboxylic acids is 1. The smallest absolute Gasteiger partial charge is 0.307 e. The van der Waals surface area contributed by atoms with E-state index in [-0.39, 0.29) is 13.0 Å². The van der Waals surface area contributed by atoms with E-state index in [4.69, 9.17) is 9.15 Å². The molecule has 194 valence electrons. The predicted octanol–water partition coefficient (Wildman–Crippen LogP) is 6.37. The van der Waals surface area contributed by atoms with E-state index in [0.29, 0.717) is 22.5 Å². The van der Waals surface area contributed by atoms with Crippen LogP contribution >= 0.6 is 0 Å². The number of rotatable bonds is 10. The van der Waals surface area contributed by atoms with E-state index in [1.807, 2.05) is 63.2 Å². The van der Waals surface area contributed by atoms with Gasteiger partial charge in [-0.05, 0) is 67.8 Å². The topological polar surface area (TPSA) is 94.8 Å². The first-order chi connectivity index (χ1) is 17.7. The fourth-order valence-corrected chi connectivity index (χ4v) is 4.79. The van der Waals surface area contributed by atoms with Gasteiger partial charge in [0.25, 0.3) is 0 Å². The molecule has 0 aliphatic carbocycles. The lowest BCUT2D eigenvalue weighted by atomic mass is 9.97. The number of benzene rings is 3. The number of hydrogen-bond acceptors (Lipinski definition) is 5. The van der Waals surface area contributed by atoms with E-state index < -0.39 is 34.8 Å². The van der Waals surface area contributed by atoms with Crippen molar-refractivity contribution in [3.05, 3.63) is 89.7 Å². The Hall–Kier alpha value is -3.33. The monoisotopic (exact) mass is 523 g/mol. The first kappa shape index (κ1) is 26.7. The molecule has 6 nitrogen and oxygen atoms in total. The molecule has 1 heterocycles. The van der Waals surface area contributed by atoms with Gasteiger partial charge in [0.1, 0.15) is 35.4 Å². The highest BCUT2D eigenvalue weighted by atomic mass is 32.2. The lowest BCUT2D eigenvalue weighted by molar-refractivity contribution is -0.136. The van der Waals surface area contributed by atoms with Crippen LogP contribution in [0.25, 0.3) is 22.1 Å². The maximum Gasteiger partial charge on any atom is 0.307 e. The van der Waals surface area contributed by atoms with E-state index in [9.17, 15) is 18.8 Å². The zero-order valence-corrected chi connectivity index (χ0v) is 21.8. The largest absolute Gasteiger partial charge is 0.598 e. The van der Waals surface area contributed by atoms with Crippen LogP contribution in [-0.2, 0) is 29.2 Å². The summed E-state index contributed by atoms with van der Waals surface area (Å²) in [6, 6.07) is 19.6. The number of fused-ring (bicyclic) bond motifs is 1. The average Bonchev–Trinajstić information content (AvgIpc) is 3.34. The summed E-state index contributed by atoms with van der Waals surface area (Å²) in [7, 11) is 0. The van der Waals surface area contributed by atoms with Crippen LogP contribution in [-0.4, -0.2) is 27.1 Å². The summed E-state index contributed by atoms with van der Waals surface area (Å²) in [5.74, 6) is -0.408. The van der Waals surface area contributed by atoms with Crippen LogP contribution in [0, 0.1) is 0 Å². The van der Waals surface area contributed by atoms with Crippen molar-refractivity contribution in [3.8, 4) is 16.9 Å². The number of ether oxygens (including phenoxy) is 1. The molecule has 0 fully saturated rings. The number of carboxylic acid groups (broad SMARTS) is 1. The molecule has 0 aliphatic rings. The zero-order valence-electron chi connectivity index (χ0n) is 21.0. The Balaban J connectivity index is 1.64. The highest BCUT2D eigenvalue weighted by Gasteiger charge is 2.30. The molecule has 0 spiro atoms. The zero-order chi connectivity index (χ0) is 26.6. The van der Waals surface area contributed by atoms with E-state index >= 15 is 0 Å². The van der Waals surface area contributed by atoms with E-state index in [0.717, 1.165) is 22.1 Å². The van der Waals surface area contributed by atoms with Gasteiger partial charge in [0.05, 0.1) is 12.7 Å². The highest BCUT2D eigenvalue weighted by Crippen LogP contribution is 2.33. The number of nitrogens with one attached hydrogen (secondary N) is 1. The summed E-state index contributed by atoms with van der Waals surface area (Å²) in [4.78, 5) is 11.2. The van der Waals surface area contributed by atoms with Crippen LogP contribution in [0.15, 0.2) is 77.4 Å². The molecule has 1 unspecified atom stereocenters. The molecular formula is C29H30FNO5S. The number of aliphatic carboxylic acids is 1. The first-order valence-electron chi connectivity index (χ1n) is 11.9. The molecule has 8 heteroatoms. The summed E-state index contributed by atoms with van der Waals surface area (Å²) in [5, 5.41) is 10.1. The number of furan rings is 1. The Morgan fingerprint density at radius 2 is 1.92 bits per heavy atom. The number of halogens is 1. The standard InChI is InChI=1S/C29H30FNO5S/c1-29(2,3)37(34)31-25(17-30)21-9-6-8-20(15-21)24-14-19(13-23-11-12-35-28(23)24)18-36-26-10-5-4-7-22(26)16-27(32)33/h4-15,25,31H,16-18H2,1-3H3,(H,32,33)/t25-,37?/m1/s1. The predicted molar refractivity (Wildman–Crippen MR) is 144 cm³/mol.